The van der Waals surface area contributed by atoms with Crippen LogP contribution in [0.5, 0.6) is 0 Å². The van der Waals surface area contributed by atoms with Gasteiger partial charge in [-0.2, -0.15) is 0 Å². The van der Waals surface area contributed by atoms with E-state index in [1.165, 1.54) is 24.3 Å². The summed E-state index contributed by atoms with van der Waals surface area (Å²) in [5, 5.41) is 2.65. The maximum Gasteiger partial charge on any atom is 0.227 e. The molecule has 1 N–H and O–H groups in total. The van der Waals surface area contributed by atoms with E-state index < -0.39 is 11.6 Å². The summed E-state index contributed by atoms with van der Waals surface area (Å²) in [4.78, 5) is 22.2. The molecule has 1 amide bonds. The third kappa shape index (κ3) is 2.88. The van der Waals surface area contributed by atoms with E-state index >= 15 is 0 Å². The standard InChI is InChI=1S/C17H13F2NO2/c18-15-7-11(3-4-12(15)9-21)14-6-5-13(8-16(14)19)20-17(22)10-1-2-10/h3-10H,1-2H2,(H,20,22). The van der Waals surface area contributed by atoms with E-state index in [1.54, 1.807) is 6.07 Å². The van der Waals surface area contributed by atoms with Crippen molar-refractivity contribution in [2.24, 2.45) is 5.92 Å². The number of benzene rings is 2. The fraction of sp³-hybridized carbons (Fsp3) is 0.176. The molecule has 5 heteroatoms. The summed E-state index contributed by atoms with van der Waals surface area (Å²) in [6, 6.07) is 8.16. The van der Waals surface area contributed by atoms with Crippen LogP contribution in [0.15, 0.2) is 36.4 Å². The third-order valence-electron chi connectivity index (χ3n) is 3.62. The fourth-order valence-corrected chi connectivity index (χ4v) is 2.21. The number of anilines is 1. The average molecular weight is 301 g/mol. The summed E-state index contributed by atoms with van der Waals surface area (Å²) in [6.07, 6.45) is 2.15. The summed E-state index contributed by atoms with van der Waals surface area (Å²) in [5.74, 6) is -1.33. The number of carbonyl (C=O) groups is 2. The zero-order valence-corrected chi connectivity index (χ0v) is 11.6. The molecule has 0 unspecified atom stereocenters. The second-order valence-electron chi connectivity index (χ2n) is 5.31. The molecule has 0 radical (unpaired) electrons. The van der Waals surface area contributed by atoms with Crippen LogP contribution in [-0.4, -0.2) is 12.2 Å². The van der Waals surface area contributed by atoms with Crippen LogP contribution in [-0.2, 0) is 4.79 Å². The first-order valence-corrected chi connectivity index (χ1v) is 6.94. The lowest BCUT2D eigenvalue weighted by atomic mass is 10.0. The molecule has 2 aromatic carbocycles. The molecule has 0 saturated heterocycles. The highest BCUT2D eigenvalue weighted by atomic mass is 19.1. The van der Waals surface area contributed by atoms with Gasteiger partial charge in [0.15, 0.2) is 6.29 Å². The van der Waals surface area contributed by atoms with Crippen molar-refractivity contribution < 1.29 is 18.4 Å². The summed E-state index contributed by atoms with van der Waals surface area (Å²) in [7, 11) is 0. The van der Waals surface area contributed by atoms with Gasteiger partial charge in [-0.3, -0.25) is 9.59 Å². The molecule has 112 valence electrons. The number of rotatable bonds is 4. The molecular formula is C17H13F2NO2. The summed E-state index contributed by atoms with van der Waals surface area (Å²) < 4.78 is 27.8. The van der Waals surface area contributed by atoms with Crippen LogP contribution in [0.4, 0.5) is 14.5 Å². The molecule has 3 rings (SSSR count). The highest BCUT2D eigenvalue weighted by Gasteiger charge is 2.29. The molecule has 1 aliphatic carbocycles. The van der Waals surface area contributed by atoms with E-state index in [-0.39, 0.29) is 23.0 Å². The molecule has 3 nitrogen and oxygen atoms in total. The molecule has 0 heterocycles. The first-order valence-electron chi connectivity index (χ1n) is 6.94. The largest absolute Gasteiger partial charge is 0.326 e. The maximum atomic E-state index is 14.2. The van der Waals surface area contributed by atoms with Crippen molar-refractivity contribution in [1.82, 2.24) is 0 Å². The van der Waals surface area contributed by atoms with Crippen LogP contribution < -0.4 is 5.32 Å². The molecule has 1 aliphatic rings. The smallest absolute Gasteiger partial charge is 0.227 e. The predicted molar refractivity (Wildman–Crippen MR) is 78.5 cm³/mol. The van der Waals surface area contributed by atoms with Gasteiger partial charge in [-0.15, -0.1) is 0 Å². The van der Waals surface area contributed by atoms with E-state index in [4.69, 9.17) is 0 Å². The molecular weight excluding hydrogens is 288 g/mol. The van der Waals surface area contributed by atoms with E-state index in [0.29, 0.717) is 17.5 Å². The van der Waals surface area contributed by atoms with Crippen LogP contribution >= 0.6 is 0 Å². The lowest BCUT2D eigenvalue weighted by Crippen LogP contribution is -2.13. The lowest BCUT2D eigenvalue weighted by molar-refractivity contribution is -0.117. The Hall–Kier alpha value is -2.56. The Kier molecular flexibility index (Phi) is 3.71. The van der Waals surface area contributed by atoms with Crippen LogP contribution in [0.25, 0.3) is 11.1 Å². The van der Waals surface area contributed by atoms with Gasteiger partial charge in [0.1, 0.15) is 11.6 Å². The van der Waals surface area contributed by atoms with Crippen LogP contribution in [0.3, 0.4) is 0 Å². The van der Waals surface area contributed by atoms with Gasteiger partial charge in [0.05, 0.1) is 5.56 Å². The summed E-state index contributed by atoms with van der Waals surface area (Å²) in [5.41, 5.74) is 0.849. The van der Waals surface area contributed by atoms with Crippen molar-refractivity contribution in [3.63, 3.8) is 0 Å². The number of aldehydes is 1. The Morgan fingerprint density at radius 1 is 1.09 bits per heavy atom. The zero-order valence-electron chi connectivity index (χ0n) is 11.6. The molecule has 0 aliphatic heterocycles. The fourth-order valence-electron chi connectivity index (χ4n) is 2.21. The SMILES string of the molecule is O=Cc1ccc(-c2ccc(NC(=O)C3CC3)cc2F)cc1F. The Bertz CT molecular complexity index is 754. The summed E-state index contributed by atoms with van der Waals surface area (Å²) in [6.45, 7) is 0. The van der Waals surface area contributed by atoms with Gasteiger partial charge < -0.3 is 5.32 Å². The second-order valence-corrected chi connectivity index (χ2v) is 5.31. The second kappa shape index (κ2) is 5.67. The molecule has 1 fully saturated rings. The zero-order chi connectivity index (χ0) is 15.7. The van der Waals surface area contributed by atoms with Crippen LogP contribution in [0, 0.1) is 17.6 Å². The molecule has 1 saturated carbocycles. The topological polar surface area (TPSA) is 46.2 Å². The van der Waals surface area contributed by atoms with Crippen molar-refractivity contribution in [3.8, 4) is 11.1 Å². The van der Waals surface area contributed by atoms with Crippen molar-refractivity contribution >= 4 is 17.9 Å². The van der Waals surface area contributed by atoms with Crippen molar-refractivity contribution in [3.05, 3.63) is 53.6 Å². The van der Waals surface area contributed by atoms with Gasteiger partial charge in [0.25, 0.3) is 0 Å². The van der Waals surface area contributed by atoms with Crippen molar-refractivity contribution in [2.45, 2.75) is 12.8 Å². The minimum atomic E-state index is -0.696. The monoisotopic (exact) mass is 301 g/mol. The van der Waals surface area contributed by atoms with Gasteiger partial charge >= 0.3 is 0 Å². The van der Waals surface area contributed by atoms with Gasteiger partial charge in [-0.25, -0.2) is 8.78 Å². The number of halogens is 2. The highest BCUT2D eigenvalue weighted by Crippen LogP contribution is 2.31. The minimum absolute atomic E-state index is 0.0349. The normalized spacial score (nSPS) is 13.7. The van der Waals surface area contributed by atoms with Gasteiger partial charge in [0.2, 0.25) is 5.91 Å². The van der Waals surface area contributed by atoms with Gasteiger partial charge in [-0.1, -0.05) is 6.07 Å². The first kappa shape index (κ1) is 14.4. The minimum Gasteiger partial charge on any atom is -0.326 e. The number of carbonyl (C=O) groups excluding carboxylic acids is 2. The number of hydrogen-bond donors (Lipinski definition) is 1. The Morgan fingerprint density at radius 3 is 2.45 bits per heavy atom. The van der Waals surface area contributed by atoms with Crippen molar-refractivity contribution in [2.75, 3.05) is 5.32 Å². The van der Waals surface area contributed by atoms with Crippen molar-refractivity contribution in [1.29, 1.82) is 0 Å². The van der Waals surface area contributed by atoms with E-state index in [9.17, 15) is 18.4 Å². The third-order valence-corrected chi connectivity index (χ3v) is 3.62. The number of nitrogens with one attached hydrogen (secondary N) is 1. The van der Waals surface area contributed by atoms with Crippen LogP contribution in [0.2, 0.25) is 0 Å². The number of amides is 1. The lowest BCUT2D eigenvalue weighted by Gasteiger charge is -2.08. The molecule has 22 heavy (non-hydrogen) atoms. The Morgan fingerprint density at radius 2 is 1.86 bits per heavy atom. The van der Waals surface area contributed by atoms with E-state index in [2.05, 4.69) is 5.32 Å². The maximum absolute atomic E-state index is 14.2. The Balaban J connectivity index is 1.86. The van der Waals surface area contributed by atoms with Gasteiger partial charge in [-0.05, 0) is 48.7 Å². The molecule has 0 aromatic heterocycles. The van der Waals surface area contributed by atoms with Gasteiger partial charge in [0, 0.05) is 17.2 Å². The quantitative estimate of drug-likeness (QED) is 0.873. The first-order chi connectivity index (χ1) is 10.6. The predicted octanol–water partition coefficient (Wildman–Crippen LogP) is 3.79. The average Bonchev–Trinajstić information content (AvgIpc) is 3.32. The molecule has 0 atom stereocenters. The molecule has 2 aromatic rings. The Labute approximate surface area is 126 Å². The molecule has 0 bridgehead atoms. The summed E-state index contributed by atoms with van der Waals surface area (Å²) >= 11 is 0. The number of hydrogen-bond acceptors (Lipinski definition) is 2. The van der Waals surface area contributed by atoms with Crippen LogP contribution in [0.1, 0.15) is 23.2 Å². The van der Waals surface area contributed by atoms with E-state index in [0.717, 1.165) is 18.9 Å². The molecule has 0 spiro atoms. The highest BCUT2D eigenvalue weighted by molar-refractivity contribution is 5.94. The van der Waals surface area contributed by atoms with E-state index in [1.807, 2.05) is 0 Å².